The highest BCUT2D eigenvalue weighted by molar-refractivity contribution is 7.14. The number of hydrogen-bond donors (Lipinski definition) is 2. The van der Waals surface area contributed by atoms with E-state index in [9.17, 15) is 14.7 Å². The lowest BCUT2D eigenvalue weighted by molar-refractivity contribution is -0.127. The molecular formula is C26H25NO4S. The number of rotatable bonds is 6. The molecule has 32 heavy (non-hydrogen) atoms. The van der Waals surface area contributed by atoms with Crippen molar-refractivity contribution in [3.63, 3.8) is 0 Å². The molecule has 1 saturated heterocycles. The van der Waals surface area contributed by atoms with Crippen molar-refractivity contribution >= 4 is 23.2 Å². The molecule has 0 spiro atoms. The highest BCUT2D eigenvalue weighted by Gasteiger charge is 2.28. The van der Waals surface area contributed by atoms with Crippen LogP contribution in [-0.2, 0) is 4.79 Å². The summed E-state index contributed by atoms with van der Waals surface area (Å²) in [4.78, 5) is 25.8. The van der Waals surface area contributed by atoms with Gasteiger partial charge in [-0.2, -0.15) is 0 Å². The molecular weight excluding hydrogens is 422 g/mol. The van der Waals surface area contributed by atoms with Gasteiger partial charge in [0.15, 0.2) is 0 Å². The zero-order chi connectivity index (χ0) is 22.9. The van der Waals surface area contributed by atoms with E-state index in [0.29, 0.717) is 24.1 Å². The van der Waals surface area contributed by atoms with E-state index in [-0.39, 0.29) is 29.3 Å². The Morgan fingerprint density at radius 2 is 2.00 bits per heavy atom. The van der Waals surface area contributed by atoms with Gasteiger partial charge in [0.05, 0.1) is 23.6 Å². The second-order valence-electron chi connectivity index (χ2n) is 7.62. The number of aliphatic hydroxyl groups excluding tert-OH is 1. The Morgan fingerprint density at radius 3 is 2.72 bits per heavy atom. The topological polar surface area (TPSA) is 77.8 Å². The number of thiophene rings is 1. The van der Waals surface area contributed by atoms with E-state index in [0.717, 1.165) is 16.9 Å². The lowest BCUT2D eigenvalue weighted by Crippen LogP contribution is -2.32. The van der Waals surface area contributed by atoms with Crippen LogP contribution in [0.25, 0.3) is 0 Å². The lowest BCUT2D eigenvalue weighted by Gasteiger charge is -2.20. The SMILES string of the molecule is CC(CC#Cc1ccccc1)[C@@H](O)/C=C/[C@H]1CCC(=O)N1CC#Cc1ccc(C(=O)O)s1. The maximum absolute atomic E-state index is 12.2. The molecule has 5 nitrogen and oxygen atoms in total. The predicted octanol–water partition coefficient (Wildman–Crippen LogP) is 3.78. The van der Waals surface area contributed by atoms with E-state index >= 15 is 0 Å². The Bertz CT molecular complexity index is 1100. The number of carboxylic acids is 1. The minimum absolute atomic E-state index is 0.0302. The molecule has 1 aliphatic heterocycles. The zero-order valence-electron chi connectivity index (χ0n) is 17.8. The largest absolute Gasteiger partial charge is 0.477 e. The molecule has 6 heteroatoms. The first kappa shape index (κ1) is 23.3. The van der Waals surface area contributed by atoms with Gasteiger partial charge in [-0.1, -0.05) is 61.0 Å². The first-order chi connectivity index (χ1) is 15.4. The number of nitrogens with zero attached hydrogens (tertiary/aromatic N) is 1. The lowest BCUT2D eigenvalue weighted by atomic mass is 9.99. The van der Waals surface area contributed by atoms with E-state index in [1.54, 1.807) is 17.0 Å². The number of aliphatic hydroxyl groups is 1. The molecule has 1 aliphatic rings. The van der Waals surface area contributed by atoms with Crippen LogP contribution in [0.4, 0.5) is 0 Å². The van der Waals surface area contributed by atoms with Crippen LogP contribution < -0.4 is 0 Å². The third-order valence-corrected chi connectivity index (χ3v) is 6.19. The van der Waals surface area contributed by atoms with E-state index in [1.807, 2.05) is 43.3 Å². The minimum atomic E-state index is -0.971. The van der Waals surface area contributed by atoms with Gasteiger partial charge in [0.25, 0.3) is 0 Å². The van der Waals surface area contributed by atoms with E-state index < -0.39 is 12.1 Å². The summed E-state index contributed by atoms with van der Waals surface area (Å²) in [6, 6.07) is 12.8. The van der Waals surface area contributed by atoms with Gasteiger partial charge in [-0.05, 0) is 36.6 Å². The number of carboxylic acid groups (broad SMARTS) is 1. The molecule has 1 unspecified atom stereocenters. The minimum Gasteiger partial charge on any atom is -0.477 e. The Balaban J connectivity index is 1.54. The Labute approximate surface area is 192 Å². The molecule has 2 aromatic rings. The van der Waals surface area contributed by atoms with Gasteiger partial charge < -0.3 is 15.1 Å². The van der Waals surface area contributed by atoms with E-state index in [4.69, 9.17) is 5.11 Å². The van der Waals surface area contributed by atoms with E-state index in [1.165, 1.54) is 6.07 Å². The molecule has 1 aromatic heterocycles. The Morgan fingerprint density at radius 1 is 1.22 bits per heavy atom. The summed E-state index contributed by atoms with van der Waals surface area (Å²) >= 11 is 1.11. The average Bonchev–Trinajstić information content (AvgIpc) is 3.40. The fourth-order valence-corrected chi connectivity index (χ4v) is 4.00. The zero-order valence-corrected chi connectivity index (χ0v) is 18.6. The molecule has 3 atom stereocenters. The molecule has 3 rings (SSSR count). The summed E-state index contributed by atoms with van der Waals surface area (Å²) in [7, 11) is 0. The van der Waals surface area contributed by atoms with Crippen LogP contribution >= 0.6 is 11.3 Å². The van der Waals surface area contributed by atoms with Crippen molar-refractivity contribution in [1.82, 2.24) is 4.90 Å². The van der Waals surface area contributed by atoms with Gasteiger partial charge in [-0.15, -0.1) is 11.3 Å². The third kappa shape index (κ3) is 6.59. The predicted molar refractivity (Wildman–Crippen MR) is 125 cm³/mol. The molecule has 0 saturated carbocycles. The highest BCUT2D eigenvalue weighted by Crippen LogP contribution is 2.21. The van der Waals surface area contributed by atoms with Gasteiger partial charge in [-0.25, -0.2) is 4.79 Å². The molecule has 2 heterocycles. The van der Waals surface area contributed by atoms with Gasteiger partial charge in [-0.3, -0.25) is 4.79 Å². The maximum atomic E-state index is 12.2. The van der Waals surface area contributed by atoms with Crippen LogP contribution in [0.3, 0.4) is 0 Å². The smallest absolute Gasteiger partial charge is 0.345 e. The number of carbonyl (C=O) groups is 2. The Hall–Kier alpha value is -3.32. The van der Waals surface area contributed by atoms with Crippen molar-refractivity contribution in [3.05, 3.63) is 69.9 Å². The van der Waals surface area contributed by atoms with Crippen LogP contribution in [0.1, 0.15) is 46.3 Å². The number of hydrogen-bond acceptors (Lipinski definition) is 4. The fourth-order valence-electron chi connectivity index (χ4n) is 3.28. The van der Waals surface area contributed by atoms with Crippen molar-refractivity contribution in [1.29, 1.82) is 0 Å². The van der Waals surface area contributed by atoms with Crippen LogP contribution in [0, 0.1) is 29.6 Å². The molecule has 0 radical (unpaired) electrons. The quantitative estimate of drug-likeness (QED) is 0.522. The molecule has 0 aliphatic carbocycles. The average molecular weight is 448 g/mol. The molecule has 1 fully saturated rings. The fraction of sp³-hybridized carbons (Fsp3) is 0.308. The van der Waals surface area contributed by atoms with Crippen LogP contribution in [0.15, 0.2) is 54.6 Å². The summed E-state index contributed by atoms with van der Waals surface area (Å²) < 4.78 is 0. The maximum Gasteiger partial charge on any atom is 0.345 e. The molecule has 1 amide bonds. The van der Waals surface area contributed by atoms with Crippen LogP contribution in [0.2, 0.25) is 0 Å². The van der Waals surface area contributed by atoms with Crippen LogP contribution in [0.5, 0.6) is 0 Å². The number of aromatic carboxylic acids is 1. The highest BCUT2D eigenvalue weighted by atomic mass is 32.1. The van der Waals surface area contributed by atoms with Gasteiger partial charge in [0, 0.05) is 18.4 Å². The van der Waals surface area contributed by atoms with Crippen molar-refractivity contribution in [2.75, 3.05) is 6.54 Å². The normalized spacial score (nSPS) is 17.4. The van der Waals surface area contributed by atoms with Crippen molar-refractivity contribution in [3.8, 4) is 23.7 Å². The summed E-state index contributed by atoms with van der Waals surface area (Å²) in [6.45, 7) is 2.21. The van der Waals surface area contributed by atoms with Gasteiger partial charge >= 0.3 is 5.97 Å². The number of benzene rings is 1. The van der Waals surface area contributed by atoms with E-state index in [2.05, 4.69) is 23.7 Å². The number of likely N-dealkylation sites (tertiary alicyclic amines) is 1. The summed E-state index contributed by atoms with van der Waals surface area (Å²) in [6.07, 6.45) is 4.69. The molecule has 164 valence electrons. The Kier molecular flexibility index (Phi) is 8.27. The standard InChI is InChI=1S/C26H25NO4S/c1-19(7-5-10-20-8-3-2-4-9-20)23(28)15-12-21-13-17-25(29)27(21)18-6-11-22-14-16-24(32-22)26(30)31/h2-4,8-9,12,14-16,19,21,23,28H,7,13,17-18H2,1H3,(H,30,31)/b15-12+/t19?,21-,23-/m0/s1. The van der Waals surface area contributed by atoms with Gasteiger partial charge in [0.1, 0.15) is 4.88 Å². The first-order valence-corrected chi connectivity index (χ1v) is 11.3. The van der Waals surface area contributed by atoms with Gasteiger partial charge in [0.2, 0.25) is 5.91 Å². The number of amides is 1. The molecule has 2 N–H and O–H groups in total. The van der Waals surface area contributed by atoms with Crippen molar-refractivity contribution in [2.45, 2.75) is 38.3 Å². The number of carbonyl (C=O) groups excluding carboxylic acids is 1. The van der Waals surface area contributed by atoms with Crippen molar-refractivity contribution in [2.24, 2.45) is 5.92 Å². The summed E-state index contributed by atoms with van der Waals surface area (Å²) in [5, 5.41) is 19.4. The third-order valence-electron chi connectivity index (χ3n) is 5.20. The summed E-state index contributed by atoms with van der Waals surface area (Å²) in [5.74, 6) is 11.1. The van der Waals surface area contributed by atoms with Crippen LogP contribution in [-0.4, -0.2) is 45.7 Å². The second kappa shape index (κ2) is 11.3. The monoisotopic (exact) mass is 447 g/mol. The summed E-state index contributed by atoms with van der Waals surface area (Å²) in [5.41, 5.74) is 0.952. The van der Waals surface area contributed by atoms with Crippen molar-refractivity contribution < 1.29 is 19.8 Å². The molecule has 0 bridgehead atoms. The second-order valence-corrected chi connectivity index (χ2v) is 8.71. The first-order valence-electron chi connectivity index (χ1n) is 10.5. The molecule has 1 aromatic carbocycles.